The van der Waals surface area contributed by atoms with Crippen LogP contribution in [0.4, 0.5) is 0 Å². The molecule has 8 heteroatoms. The lowest BCUT2D eigenvalue weighted by Gasteiger charge is -2.34. The molecule has 0 bridgehead atoms. The number of carbonyl (C=O) groups excluding carboxylic acids is 3. The summed E-state index contributed by atoms with van der Waals surface area (Å²) in [5.41, 5.74) is 0. The number of quaternary nitrogens is 1. The molecule has 0 aromatic heterocycles. The van der Waals surface area contributed by atoms with E-state index in [4.69, 9.17) is 14.2 Å². The van der Waals surface area contributed by atoms with Gasteiger partial charge in [-0.25, -0.2) is 0 Å². The Hall–Kier alpha value is -3.49. The summed E-state index contributed by atoms with van der Waals surface area (Å²) in [6.07, 6.45) is 56.0. The highest BCUT2D eigenvalue weighted by Gasteiger charge is 2.25. The molecule has 0 aliphatic rings. The molecular weight excluding hydrogens is 763 g/mol. The van der Waals surface area contributed by atoms with Crippen LogP contribution in [-0.2, 0) is 28.6 Å². The van der Waals surface area contributed by atoms with Gasteiger partial charge in [-0.1, -0.05) is 176 Å². The van der Waals surface area contributed by atoms with Gasteiger partial charge in [-0.05, 0) is 70.6 Å². The molecular formula is C53H89NO7. The van der Waals surface area contributed by atoms with Gasteiger partial charge >= 0.3 is 11.9 Å². The molecule has 8 nitrogen and oxygen atoms in total. The molecule has 0 heterocycles. The second-order valence-corrected chi connectivity index (χ2v) is 17.1. The van der Waals surface area contributed by atoms with Crippen LogP contribution in [0.2, 0.25) is 0 Å². The minimum atomic E-state index is -1.13. The summed E-state index contributed by atoms with van der Waals surface area (Å²) < 4.78 is 17.2. The van der Waals surface area contributed by atoms with Crippen LogP contribution in [0.5, 0.6) is 0 Å². The lowest BCUT2D eigenvalue weighted by atomic mass is 10.1. The van der Waals surface area contributed by atoms with Gasteiger partial charge in [0.05, 0.1) is 40.3 Å². The van der Waals surface area contributed by atoms with E-state index in [-0.39, 0.29) is 42.7 Å². The molecule has 0 saturated heterocycles. The third kappa shape index (κ3) is 41.6. The molecule has 2 unspecified atom stereocenters. The van der Waals surface area contributed by atoms with Crippen molar-refractivity contribution in [2.45, 2.75) is 193 Å². The van der Waals surface area contributed by atoms with Crippen LogP contribution in [0.3, 0.4) is 0 Å². The van der Waals surface area contributed by atoms with Gasteiger partial charge in [0.2, 0.25) is 0 Å². The number of nitrogens with zero attached hydrogens (tertiary/aromatic N) is 1. The van der Waals surface area contributed by atoms with E-state index in [0.717, 1.165) is 83.5 Å². The third-order valence-electron chi connectivity index (χ3n) is 10.4. The summed E-state index contributed by atoms with van der Waals surface area (Å²) in [6, 6.07) is -0.735. The highest BCUT2D eigenvalue weighted by Crippen LogP contribution is 2.14. The molecule has 0 aliphatic carbocycles. The van der Waals surface area contributed by atoms with Gasteiger partial charge in [-0.15, -0.1) is 0 Å². The first kappa shape index (κ1) is 57.5. The molecule has 0 N–H and O–H groups in total. The number of carboxylic acid groups (broad SMARTS) is 1. The highest BCUT2D eigenvalue weighted by atomic mass is 16.6. The molecule has 2 atom stereocenters. The number of esters is 2. The van der Waals surface area contributed by atoms with Gasteiger partial charge in [0.15, 0.2) is 6.10 Å². The van der Waals surface area contributed by atoms with E-state index >= 15 is 0 Å². The molecule has 0 amide bonds. The van der Waals surface area contributed by atoms with E-state index in [9.17, 15) is 19.5 Å². The molecule has 0 aromatic rings. The van der Waals surface area contributed by atoms with Gasteiger partial charge < -0.3 is 28.6 Å². The number of rotatable bonds is 42. The quantitative estimate of drug-likeness (QED) is 0.0198. The van der Waals surface area contributed by atoms with Crippen LogP contribution in [-0.4, -0.2) is 75.5 Å². The number of hydrogen-bond acceptors (Lipinski definition) is 7. The minimum Gasteiger partial charge on any atom is -0.544 e. The van der Waals surface area contributed by atoms with Gasteiger partial charge in [0, 0.05) is 19.3 Å². The molecule has 0 aliphatic heterocycles. The van der Waals surface area contributed by atoms with Crippen LogP contribution in [0.1, 0.15) is 181 Å². The lowest BCUT2D eigenvalue weighted by molar-refractivity contribution is -0.889. The highest BCUT2D eigenvalue weighted by molar-refractivity contribution is 5.70. The summed E-state index contributed by atoms with van der Waals surface area (Å²) in [4.78, 5) is 37.0. The van der Waals surface area contributed by atoms with Crippen molar-refractivity contribution in [3.63, 3.8) is 0 Å². The van der Waals surface area contributed by atoms with Crippen molar-refractivity contribution in [3.05, 3.63) is 85.1 Å². The average molecular weight is 852 g/mol. The number of allylic oxidation sites excluding steroid dienone is 14. The van der Waals surface area contributed by atoms with Crippen molar-refractivity contribution in [1.29, 1.82) is 0 Å². The molecule has 0 fully saturated rings. The van der Waals surface area contributed by atoms with Crippen molar-refractivity contribution in [3.8, 4) is 0 Å². The molecule has 0 aromatic carbocycles. The molecule has 348 valence electrons. The zero-order valence-corrected chi connectivity index (χ0v) is 39.5. The number of carboxylic acids is 1. The Labute approximate surface area is 373 Å². The summed E-state index contributed by atoms with van der Waals surface area (Å²) in [6.45, 7) is 4.46. The first-order valence-corrected chi connectivity index (χ1v) is 24.2. The maximum absolute atomic E-state index is 12.8. The van der Waals surface area contributed by atoms with Crippen LogP contribution in [0.25, 0.3) is 0 Å². The minimum absolute atomic E-state index is 0.0260. The Kier molecular flexibility index (Phi) is 40.7. The summed E-state index contributed by atoms with van der Waals surface area (Å²) >= 11 is 0. The van der Waals surface area contributed by atoms with Gasteiger partial charge in [-0.3, -0.25) is 9.59 Å². The second-order valence-electron chi connectivity index (χ2n) is 17.1. The van der Waals surface area contributed by atoms with Gasteiger partial charge in [0.25, 0.3) is 0 Å². The van der Waals surface area contributed by atoms with E-state index in [1.807, 2.05) is 30.4 Å². The fourth-order valence-electron chi connectivity index (χ4n) is 6.62. The van der Waals surface area contributed by atoms with Gasteiger partial charge in [-0.2, -0.15) is 0 Å². The van der Waals surface area contributed by atoms with Crippen molar-refractivity contribution in [2.24, 2.45) is 0 Å². The van der Waals surface area contributed by atoms with E-state index in [1.54, 1.807) is 21.1 Å². The Morgan fingerprint density at radius 1 is 0.525 bits per heavy atom. The van der Waals surface area contributed by atoms with E-state index in [2.05, 4.69) is 68.5 Å². The van der Waals surface area contributed by atoms with Crippen molar-refractivity contribution in [1.82, 2.24) is 0 Å². The monoisotopic (exact) mass is 852 g/mol. The van der Waals surface area contributed by atoms with Crippen LogP contribution in [0.15, 0.2) is 85.1 Å². The van der Waals surface area contributed by atoms with Crippen molar-refractivity contribution < 1.29 is 38.2 Å². The number of carbonyl (C=O) groups is 3. The summed E-state index contributed by atoms with van der Waals surface area (Å²) in [5.74, 6) is -1.78. The second kappa shape index (κ2) is 43.2. The fourth-order valence-corrected chi connectivity index (χ4v) is 6.62. The van der Waals surface area contributed by atoms with Crippen LogP contribution >= 0.6 is 0 Å². The molecule has 0 saturated carbocycles. The van der Waals surface area contributed by atoms with E-state index in [1.165, 1.54) is 64.2 Å². The summed E-state index contributed by atoms with van der Waals surface area (Å²) in [7, 11) is 5.39. The number of unbranched alkanes of at least 4 members (excludes halogenated alkanes) is 17. The predicted molar refractivity (Wildman–Crippen MR) is 254 cm³/mol. The number of hydrogen-bond donors (Lipinski definition) is 0. The van der Waals surface area contributed by atoms with E-state index < -0.39 is 18.1 Å². The van der Waals surface area contributed by atoms with Gasteiger partial charge in [0.1, 0.15) is 12.6 Å². The Bertz CT molecular complexity index is 1270. The lowest BCUT2D eigenvalue weighted by Crippen LogP contribution is -2.55. The van der Waals surface area contributed by atoms with Crippen LogP contribution in [0, 0.1) is 0 Å². The zero-order valence-electron chi connectivity index (χ0n) is 39.5. The summed E-state index contributed by atoms with van der Waals surface area (Å²) in [5, 5.41) is 11.6. The van der Waals surface area contributed by atoms with E-state index in [0.29, 0.717) is 12.8 Å². The first-order valence-electron chi connectivity index (χ1n) is 24.2. The predicted octanol–water partition coefficient (Wildman–Crippen LogP) is 12.4. The molecule has 0 radical (unpaired) electrons. The average Bonchev–Trinajstić information content (AvgIpc) is 3.22. The maximum Gasteiger partial charge on any atom is 0.306 e. The topological polar surface area (TPSA) is 102 Å². The standard InChI is InChI=1S/C53H89NO7/c1-6-8-10-12-14-16-18-20-22-23-24-25-26-27-28-30-32-34-36-38-40-42-44-52(56)61-49(47-59-46-45-50(53(57)58)54(3,4)5)48-60-51(55)43-41-39-37-35-33-31-29-21-19-17-15-13-11-9-7-2/h9,11,13-17,19-22,24-25,29,49-50H,6-8,10,12,18,23,26-28,30-48H2,1-5H3/b11-9+,15-13+,16-14+,19-17+,22-20+,25-24+,29-21+. The molecule has 61 heavy (non-hydrogen) atoms. The number of likely N-dealkylation sites (N-methyl/N-ethyl adjacent to an activating group) is 1. The Morgan fingerprint density at radius 2 is 0.984 bits per heavy atom. The number of ether oxygens (including phenoxy) is 3. The Balaban J connectivity index is 4.32. The SMILES string of the molecule is CC/C=C/C=C/C=C/C=C/CCCCCCCC(=O)OCC(COCCC(C(=O)[O-])[N+](C)(C)C)OC(=O)CCCCCCCCCCC/C=C/C/C=C/C/C=C/CCCCC. The largest absolute Gasteiger partial charge is 0.544 e. The smallest absolute Gasteiger partial charge is 0.306 e. The van der Waals surface area contributed by atoms with Crippen molar-refractivity contribution in [2.75, 3.05) is 41.0 Å². The maximum atomic E-state index is 12.8. The van der Waals surface area contributed by atoms with Crippen LogP contribution < -0.4 is 5.11 Å². The first-order chi connectivity index (χ1) is 29.6. The molecule has 0 spiro atoms. The van der Waals surface area contributed by atoms with Crippen molar-refractivity contribution >= 4 is 17.9 Å². The normalized spacial score (nSPS) is 13.7. The zero-order chi connectivity index (χ0) is 44.9. The fraction of sp³-hybridized carbons (Fsp3) is 0.679. The third-order valence-corrected chi connectivity index (χ3v) is 10.4. The molecule has 0 rings (SSSR count). The Morgan fingerprint density at radius 3 is 1.51 bits per heavy atom. The number of aliphatic carboxylic acids is 1.